The Balaban J connectivity index is 2.00. The van der Waals surface area contributed by atoms with Crippen LogP contribution in [0.2, 0.25) is 0 Å². The van der Waals surface area contributed by atoms with Gasteiger partial charge in [0.05, 0.1) is 0 Å². The number of benzene rings is 1. The zero-order valence-electron chi connectivity index (χ0n) is 12.2. The molecule has 106 valence electrons. The Morgan fingerprint density at radius 1 is 1.05 bits per heavy atom. The summed E-state index contributed by atoms with van der Waals surface area (Å²) in [6.45, 7) is 5.06. The predicted molar refractivity (Wildman–Crippen MR) is 84.5 cm³/mol. The fourth-order valence-electron chi connectivity index (χ4n) is 1.96. The Morgan fingerprint density at radius 2 is 1.85 bits per heavy atom. The van der Waals surface area contributed by atoms with Gasteiger partial charge in [-0.3, -0.25) is 0 Å². The van der Waals surface area contributed by atoms with Gasteiger partial charge in [0.2, 0.25) is 5.95 Å². The van der Waals surface area contributed by atoms with Crippen LogP contribution in [0.15, 0.2) is 36.5 Å². The molecule has 0 spiro atoms. The van der Waals surface area contributed by atoms with Crippen LogP contribution in [-0.2, 0) is 6.42 Å². The highest BCUT2D eigenvalue weighted by Gasteiger charge is 1.99. The first-order valence-electron chi connectivity index (χ1n) is 7.24. The Morgan fingerprint density at radius 3 is 2.55 bits per heavy atom. The molecule has 0 unspecified atom stereocenters. The van der Waals surface area contributed by atoms with Crippen LogP contribution in [0.3, 0.4) is 0 Å². The molecule has 0 radical (unpaired) electrons. The average molecular weight is 270 g/mol. The maximum atomic E-state index is 4.40. The van der Waals surface area contributed by atoms with Crippen molar-refractivity contribution in [1.82, 2.24) is 9.97 Å². The topological polar surface area (TPSA) is 49.8 Å². The lowest BCUT2D eigenvalue weighted by molar-refractivity contribution is 0.795. The molecule has 1 aromatic carbocycles. The Kier molecular flexibility index (Phi) is 5.35. The van der Waals surface area contributed by atoms with Gasteiger partial charge in [0.15, 0.2) is 0 Å². The Labute approximate surface area is 120 Å². The van der Waals surface area contributed by atoms with Gasteiger partial charge >= 0.3 is 0 Å². The first-order chi connectivity index (χ1) is 9.81. The Hall–Kier alpha value is -2.10. The molecule has 1 aromatic heterocycles. The smallest absolute Gasteiger partial charge is 0.224 e. The van der Waals surface area contributed by atoms with Crippen molar-refractivity contribution in [3.8, 4) is 0 Å². The number of nitrogens with one attached hydrogen (secondary N) is 2. The summed E-state index contributed by atoms with van der Waals surface area (Å²) in [4.78, 5) is 8.55. The van der Waals surface area contributed by atoms with Crippen molar-refractivity contribution in [2.75, 3.05) is 17.2 Å². The molecule has 0 saturated heterocycles. The molecule has 0 fully saturated rings. The lowest BCUT2D eigenvalue weighted by Crippen LogP contribution is -2.03. The van der Waals surface area contributed by atoms with Crippen LogP contribution in [0, 0.1) is 0 Å². The van der Waals surface area contributed by atoms with Crippen LogP contribution in [0.25, 0.3) is 0 Å². The highest BCUT2D eigenvalue weighted by molar-refractivity contribution is 5.57. The minimum atomic E-state index is 0.650. The number of unbranched alkanes of at least 4 members (excludes halogenated alkanes) is 1. The van der Waals surface area contributed by atoms with Crippen molar-refractivity contribution in [3.05, 3.63) is 42.1 Å². The summed E-state index contributed by atoms with van der Waals surface area (Å²) in [5.41, 5.74) is 2.43. The van der Waals surface area contributed by atoms with E-state index in [9.17, 15) is 0 Å². The number of hydrogen-bond acceptors (Lipinski definition) is 4. The van der Waals surface area contributed by atoms with Crippen molar-refractivity contribution in [2.24, 2.45) is 0 Å². The van der Waals surface area contributed by atoms with Crippen molar-refractivity contribution in [1.29, 1.82) is 0 Å². The normalized spacial score (nSPS) is 10.3. The molecule has 1 heterocycles. The van der Waals surface area contributed by atoms with Gasteiger partial charge in [0.25, 0.3) is 0 Å². The van der Waals surface area contributed by atoms with Crippen LogP contribution in [0.5, 0.6) is 0 Å². The highest BCUT2D eigenvalue weighted by Crippen LogP contribution is 2.16. The number of hydrogen-bond donors (Lipinski definition) is 2. The van der Waals surface area contributed by atoms with Gasteiger partial charge in [0, 0.05) is 18.4 Å². The standard InChI is InChI=1S/C16H22N4/c1-3-5-6-13-7-9-14(10-8-13)19-15-11-12-18-16(20-15)17-4-2/h7-12H,3-6H2,1-2H3,(H2,17,18,19,20). The summed E-state index contributed by atoms with van der Waals surface area (Å²) in [6, 6.07) is 10.4. The summed E-state index contributed by atoms with van der Waals surface area (Å²) in [7, 11) is 0. The quantitative estimate of drug-likeness (QED) is 0.798. The summed E-state index contributed by atoms with van der Waals surface area (Å²) in [6.07, 6.45) is 5.37. The summed E-state index contributed by atoms with van der Waals surface area (Å²) in [5, 5.41) is 6.40. The van der Waals surface area contributed by atoms with Crippen molar-refractivity contribution in [2.45, 2.75) is 33.1 Å². The molecule has 0 atom stereocenters. The molecule has 0 aliphatic rings. The van der Waals surface area contributed by atoms with Gasteiger partial charge in [-0.15, -0.1) is 0 Å². The minimum Gasteiger partial charge on any atom is -0.354 e. The summed E-state index contributed by atoms with van der Waals surface area (Å²) < 4.78 is 0. The van der Waals surface area contributed by atoms with Crippen molar-refractivity contribution >= 4 is 17.5 Å². The molecule has 20 heavy (non-hydrogen) atoms. The van der Waals surface area contributed by atoms with Gasteiger partial charge in [0.1, 0.15) is 5.82 Å². The first-order valence-corrected chi connectivity index (χ1v) is 7.24. The average Bonchev–Trinajstić information content (AvgIpc) is 2.47. The molecule has 4 nitrogen and oxygen atoms in total. The first kappa shape index (κ1) is 14.3. The number of aryl methyl sites for hydroxylation is 1. The third kappa shape index (κ3) is 4.23. The van der Waals surface area contributed by atoms with E-state index in [2.05, 4.69) is 51.8 Å². The van der Waals surface area contributed by atoms with E-state index in [-0.39, 0.29) is 0 Å². The van der Waals surface area contributed by atoms with Crippen molar-refractivity contribution < 1.29 is 0 Å². The van der Waals surface area contributed by atoms with E-state index in [0.717, 1.165) is 24.5 Å². The highest BCUT2D eigenvalue weighted by atomic mass is 15.1. The lowest BCUT2D eigenvalue weighted by atomic mass is 10.1. The monoisotopic (exact) mass is 270 g/mol. The lowest BCUT2D eigenvalue weighted by Gasteiger charge is -2.08. The maximum absolute atomic E-state index is 4.40. The molecule has 4 heteroatoms. The molecule has 0 amide bonds. The van der Waals surface area contributed by atoms with E-state index in [1.807, 2.05) is 13.0 Å². The Bertz CT molecular complexity index is 522. The van der Waals surface area contributed by atoms with E-state index in [0.29, 0.717) is 5.95 Å². The molecule has 2 rings (SSSR count). The van der Waals surface area contributed by atoms with Gasteiger partial charge < -0.3 is 10.6 Å². The third-order valence-corrected chi connectivity index (χ3v) is 3.04. The van der Waals surface area contributed by atoms with Crippen LogP contribution < -0.4 is 10.6 Å². The van der Waals surface area contributed by atoms with E-state index < -0.39 is 0 Å². The molecule has 0 saturated carbocycles. The molecule has 2 N–H and O–H groups in total. The summed E-state index contributed by atoms with van der Waals surface area (Å²) in [5.74, 6) is 1.45. The number of nitrogens with zero attached hydrogens (tertiary/aromatic N) is 2. The zero-order chi connectivity index (χ0) is 14.2. The SMILES string of the molecule is CCCCc1ccc(Nc2ccnc(NCC)n2)cc1. The van der Waals surface area contributed by atoms with E-state index in [1.54, 1.807) is 6.20 Å². The molecule has 0 aliphatic heterocycles. The fraction of sp³-hybridized carbons (Fsp3) is 0.375. The fourth-order valence-corrected chi connectivity index (χ4v) is 1.96. The zero-order valence-corrected chi connectivity index (χ0v) is 12.2. The second-order valence-corrected chi connectivity index (χ2v) is 4.72. The molecular weight excluding hydrogens is 248 g/mol. The van der Waals surface area contributed by atoms with E-state index in [1.165, 1.54) is 18.4 Å². The molecule has 0 aliphatic carbocycles. The maximum Gasteiger partial charge on any atom is 0.224 e. The minimum absolute atomic E-state index is 0.650. The van der Waals surface area contributed by atoms with Crippen LogP contribution in [0.1, 0.15) is 32.3 Å². The number of aromatic nitrogens is 2. The van der Waals surface area contributed by atoms with E-state index in [4.69, 9.17) is 0 Å². The van der Waals surface area contributed by atoms with Crippen molar-refractivity contribution in [3.63, 3.8) is 0 Å². The van der Waals surface area contributed by atoms with Gasteiger partial charge in [-0.1, -0.05) is 25.5 Å². The van der Waals surface area contributed by atoms with Gasteiger partial charge in [-0.05, 0) is 43.5 Å². The van der Waals surface area contributed by atoms with E-state index >= 15 is 0 Å². The second kappa shape index (κ2) is 7.48. The number of rotatable bonds is 7. The molecule has 0 bridgehead atoms. The molecular formula is C16H22N4. The third-order valence-electron chi connectivity index (χ3n) is 3.04. The largest absolute Gasteiger partial charge is 0.354 e. The van der Waals surface area contributed by atoms with Crippen LogP contribution in [0.4, 0.5) is 17.5 Å². The van der Waals surface area contributed by atoms with Crippen LogP contribution in [-0.4, -0.2) is 16.5 Å². The van der Waals surface area contributed by atoms with Gasteiger partial charge in [-0.2, -0.15) is 4.98 Å². The van der Waals surface area contributed by atoms with Gasteiger partial charge in [-0.25, -0.2) is 4.98 Å². The summed E-state index contributed by atoms with van der Waals surface area (Å²) >= 11 is 0. The number of anilines is 3. The second-order valence-electron chi connectivity index (χ2n) is 4.72. The molecule has 2 aromatic rings. The van der Waals surface area contributed by atoms with Crippen LogP contribution >= 0.6 is 0 Å². The predicted octanol–water partition coefficient (Wildman–Crippen LogP) is 3.99.